The first-order chi connectivity index (χ1) is 12.1. The van der Waals surface area contributed by atoms with Crippen molar-refractivity contribution in [2.24, 2.45) is 0 Å². The first-order valence-corrected chi connectivity index (χ1v) is 7.57. The zero-order valence-corrected chi connectivity index (χ0v) is 13.5. The average molecular weight is 337 g/mol. The van der Waals surface area contributed by atoms with Crippen molar-refractivity contribution in [2.75, 3.05) is 0 Å². The predicted octanol–water partition coefficient (Wildman–Crippen LogP) is 3.56. The molecule has 0 N–H and O–H groups in total. The smallest absolute Gasteiger partial charge is 0.374 e. The van der Waals surface area contributed by atoms with Crippen LogP contribution in [0, 0.1) is 6.92 Å². The molecule has 0 fully saturated rings. The molecule has 0 aliphatic heterocycles. The van der Waals surface area contributed by atoms with Crippen LogP contribution in [0.25, 0.3) is 0 Å². The van der Waals surface area contributed by atoms with E-state index in [1.807, 2.05) is 6.07 Å². The zero-order valence-electron chi connectivity index (χ0n) is 13.5. The van der Waals surface area contributed by atoms with Crippen LogP contribution in [0.5, 0.6) is 5.75 Å². The number of esters is 2. The Kier molecular flexibility index (Phi) is 4.89. The molecule has 1 aromatic carbocycles. The highest BCUT2D eigenvalue weighted by Gasteiger charge is 2.13. The summed E-state index contributed by atoms with van der Waals surface area (Å²) in [4.78, 5) is 28.1. The van der Waals surface area contributed by atoms with Crippen LogP contribution in [0.3, 0.4) is 0 Å². The van der Waals surface area contributed by atoms with E-state index in [0.29, 0.717) is 22.6 Å². The third kappa shape index (κ3) is 4.11. The van der Waals surface area contributed by atoms with E-state index in [1.165, 1.54) is 12.3 Å². The van der Waals surface area contributed by atoms with E-state index >= 15 is 0 Å². The number of furan rings is 1. The van der Waals surface area contributed by atoms with Gasteiger partial charge < -0.3 is 13.9 Å². The molecule has 0 aliphatic carbocycles. The number of pyridine rings is 1. The lowest BCUT2D eigenvalue weighted by atomic mass is 10.2. The quantitative estimate of drug-likeness (QED) is 0.662. The van der Waals surface area contributed by atoms with Gasteiger partial charge in [-0.1, -0.05) is 18.2 Å². The molecule has 3 rings (SSSR count). The summed E-state index contributed by atoms with van der Waals surface area (Å²) in [6.45, 7) is 1.72. The molecule has 0 radical (unpaired) electrons. The third-order valence-corrected chi connectivity index (χ3v) is 3.40. The number of rotatable bonds is 5. The second kappa shape index (κ2) is 7.44. The molecule has 0 saturated heterocycles. The number of aryl methyl sites for hydroxylation is 1. The normalized spacial score (nSPS) is 10.3. The fourth-order valence-corrected chi connectivity index (χ4v) is 2.08. The molecule has 6 nitrogen and oxygen atoms in total. The molecule has 2 heterocycles. The topological polar surface area (TPSA) is 78.6 Å². The largest absolute Gasteiger partial charge is 0.457 e. The highest BCUT2D eigenvalue weighted by molar-refractivity contribution is 5.91. The summed E-state index contributed by atoms with van der Waals surface area (Å²) in [6.07, 6.45) is 2.95. The van der Waals surface area contributed by atoms with Crippen LogP contribution in [0.2, 0.25) is 0 Å². The second-order valence-electron chi connectivity index (χ2n) is 5.24. The van der Waals surface area contributed by atoms with Crippen LogP contribution in [0.4, 0.5) is 0 Å². The number of benzene rings is 1. The Morgan fingerprint density at radius 1 is 1.08 bits per heavy atom. The zero-order chi connectivity index (χ0) is 17.6. The minimum atomic E-state index is -0.576. The summed E-state index contributed by atoms with van der Waals surface area (Å²) in [6, 6.07) is 13.4. The molecule has 0 aliphatic rings. The van der Waals surface area contributed by atoms with Gasteiger partial charge in [-0.05, 0) is 37.3 Å². The number of ether oxygens (including phenoxy) is 2. The summed E-state index contributed by atoms with van der Waals surface area (Å²) in [5.41, 5.74) is 1.60. The summed E-state index contributed by atoms with van der Waals surface area (Å²) < 4.78 is 15.5. The Balaban J connectivity index is 1.68. The van der Waals surface area contributed by atoms with Gasteiger partial charge in [0.05, 0.1) is 17.5 Å². The molecule has 126 valence electrons. The number of carbonyl (C=O) groups excluding carboxylic acids is 2. The first kappa shape index (κ1) is 16.4. The highest BCUT2D eigenvalue weighted by atomic mass is 16.5. The van der Waals surface area contributed by atoms with Gasteiger partial charge in [0.2, 0.25) is 5.76 Å². The van der Waals surface area contributed by atoms with Gasteiger partial charge in [-0.2, -0.15) is 0 Å². The average Bonchev–Trinajstić information content (AvgIpc) is 3.17. The van der Waals surface area contributed by atoms with E-state index in [0.717, 1.165) is 0 Å². The Morgan fingerprint density at radius 3 is 2.60 bits per heavy atom. The summed E-state index contributed by atoms with van der Waals surface area (Å²) >= 11 is 0. The van der Waals surface area contributed by atoms with Crippen LogP contribution in [0.1, 0.15) is 32.2 Å². The SMILES string of the molecule is Cc1ncc(COC(=O)c2ccco2)cc1OC(=O)c1ccccc1. The van der Waals surface area contributed by atoms with Crippen molar-refractivity contribution in [1.82, 2.24) is 4.98 Å². The minimum absolute atomic E-state index is 0.0112. The first-order valence-electron chi connectivity index (χ1n) is 7.57. The van der Waals surface area contributed by atoms with Crippen LogP contribution in [-0.4, -0.2) is 16.9 Å². The maximum Gasteiger partial charge on any atom is 0.374 e. The van der Waals surface area contributed by atoms with Crippen molar-refractivity contribution < 1.29 is 23.5 Å². The monoisotopic (exact) mass is 337 g/mol. The highest BCUT2D eigenvalue weighted by Crippen LogP contribution is 2.19. The lowest BCUT2D eigenvalue weighted by molar-refractivity contribution is 0.0434. The van der Waals surface area contributed by atoms with Crippen LogP contribution in [0.15, 0.2) is 65.4 Å². The molecule has 0 amide bonds. The maximum atomic E-state index is 12.2. The van der Waals surface area contributed by atoms with Crippen molar-refractivity contribution in [1.29, 1.82) is 0 Å². The van der Waals surface area contributed by atoms with E-state index in [9.17, 15) is 9.59 Å². The van der Waals surface area contributed by atoms with Gasteiger partial charge in [0.1, 0.15) is 6.61 Å². The van der Waals surface area contributed by atoms with E-state index < -0.39 is 11.9 Å². The molecule has 6 heteroatoms. The fraction of sp³-hybridized carbons (Fsp3) is 0.105. The number of carbonyl (C=O) groups is 2. The number of hydrogen-bond donors (Lipinski definition) is 0. The van der Waals surface area contributed by atoms with Crippen LogP contribution >= 0.6 is 0 Å². The summed E-state index contributed by atoms with van der Waals surface area (Å²) in [5, 5.41) is 0. The minimum Gasteiger partial charge on any atom is -0.457 e. The van der Waals surface area contributed by atoms with Crippen LogP contribution < -0.4 is 4.74 Å². The van der Waals surface area contributed by atoms with E-state index in [2.05, 4.69) is 4.98 Å². The van der Waals surface area contributed by atoms with Gasteiger partial charge in [-0.15, -0.1) is 0 Å². The lowest BCUT2D eigenvalue weighted by Gasteiger charge is -2.09. The maximum absolute atomic E-state index is 12.2. The molecule has 0 spiro atoms. The summed E-state index contributed by atoms with van der Waals surface area (Å²) in [7, 11) is 0. The third-order valence-electron chi connectivity index (χ3n) is 3.40. The van der Waals surface area contributed by atoms with Crippen molar-refractivity contribution >= 4 is 11.9 Å². The Morgan fingerprint density at radius 2 is 1.88 bits per heavy atom. The van der Waals surface area contributed by atoms with Crippen molar-refractivity contribution in [3.05, 3.63) is 83.6 Å². The van der Waals surface area contributed by atoms with Crippen LogP contribution in [-0.2, 0) is 11.3 Å². The van der Waals surface area contributed by atoms with E-state index in [4.69, 9.17) is 13.9 Å². The van der Waals surface area contributed by atoms with Gasteiger partial charge in [0.25, 0.3) is 0 Å². The molecule has 0 unspecified atom stereocenters. The van der Waals surface area contributed by atoms with E-state index in [-0.39, 0.29) is 12.4 Å². The predicted molar refractivity (Wildman–Crippen MR) is 88.2 cm³/mol. The Hall–Kier alpha value is -3.41. The van der Waals surface area contributed by atoms with Crippen molar-refractivity contribution in [2.45, 2.75) is 13.5 Å². The fourth-order valence-electron chi connectivity index (χ4n) is 2.08. The molecular weight excluding hydrogens is 322 g/mol. The Bertz CT molecular complexity index is 872. The lowest BCUT2D eigenvalue weighted by Crippen LogP contribution is -2.10. The van der Waals surface area contributed by atoms with Gasteiger partial charge in [-0.25, -0.2) is 9.59 Å². The molecule has 0 bridgehead atoms. The van der Waals surface area contributed by atoms with Gasteiger partial charge in [0.15, 0.2) is 5.75 Å². The number of aromatic nitrogens is 1. The van der Waals surface area contributed by atoms with Gasteiger partial charge in [-0.3, -0.25) is 4.98 Å². The molecule has 2 aromatic heterocycles. The Labute approximate surface area is 144 Å². The van der Waals surface area contributed by atoms with Crippen molar-refractivity contribution in [3.63, 3.8) is 0 Å². The van der Waals surface area contributed by atoms with Gasteiger partial charge >= 0.3 is 11.9 Å². The summed E-state index contributed by atoms with van der Waals surface area (Å²) in [5.74, 6) is -0.611. The standard InChI is InChI=1S/C19H15NO5/c1-13-17(25-18(21)15-6-3-2-4-7-15)10-14(11-20-13)12-24-19(22)16-8-5-9-23-16/h2-11H,12H2,1H3. The molecule has 0 saturated carbocycles. The van der Waals surface area contributed by atoms with Gasteiger partial charge in [0, 0.05) is 11.8 Å². The molecule has 3 aromatic rings. The number of hydrogen-bond acceptors (Lipinski definition) is 6. The molecule has 25 heavy (non-hydrogen) atoms. The second-order valence-corrected chi connectivity index (χ2v) is 5.24. The molecule has 0 atom stereocenters. The molecular formula is C19H15NO5. The number of nitrogens with zero attached hydrogens (tertiary/aromatic N) is 1. The van der Waals surface area contributed by atoms with Crippen molar-refractivity contribution in [3.8, 4) is 5.75 Å². The van der Waals surface area contributed by atoms with E-state index in [1.54, 1.807) is 49.5 Å².